The van der Waals surface area contributed by atoms with Gasteiger partial charge in [-0.25, -0.2) is 0 Å². The fourth-order valence-corrected chi connectivity index (χ4v) is 10.2. The Kier molecular flexibility index (Phi) is 7.70. The van der Waals surface area contributed by atoms with Crippen LogP contribution < -0.4 is 0 Å². The molecule has 0 nitrogen and oxygen atoms in total. The molecule has 0 bridgehead atoms. The number of benzene rings is 1. The van der Waals surface area contributed by atoms with Gasteiger partial charge in [-0.05, 0) is 0 Å². The van der Waals surface area contributed by atoms with Gasteiger partial charge < -0.3 is 0 Å². The van der Waals surface area contributed by atoms with E-state index in [-0.39, 0.29) is 0 Å². The van der Waals surface area contributed by atoms with Crippen LogP contribution in [0.5, 0.6) is 0 Å². The van der Waals surface area contributed by atoms with Crippen LogP contribution in [0, 0.1) is 21.3 Å². The number of rotatable bonds is 3. The van der Waals surface area contributed by atoms with Crippen molar-refractivity contribution >= 4 is 26.5 Å². The van der Waals surface area contributed by atoms with Crippen molar-refractivity contribution in [3.05, 3.63) is 35.4 Å². The van der Waals surface area contributed by atoms with Gasteiger partial charge >= 0.3 is 156 Å². The van der Waals surface area contributed by atoms with E-state index in [0.717, 1.165) is 11.1 Å². The molecule has 1 aromatic carbocycles. The van der Waals surface area contributed by atoms with Crippen LogP contribution >= 0.6 is 0 Å². The molecule has 24 heavy (non-hydrogen) atoms. The quantitative estimate of drug-likeness (QED) is 0.369. The summed E-state index contributed by atoms with van der Waals surface area (Å²) >= 11 is -2.09. The first kappa shape index (κ1) is 21.4. The first-order valence-electron chi connectivity index (χ1n) is 9.16. The third-order valence-electron chi connectivity index (χ3n) is 4.78. The summed E-state index contributed by atoms with van der Waals surface area (Å²) in [6, 6.07) is 8.41. The van der Waals surface area contributed by atoms with E-state index in [1.54, 1.807) is 0 Å². The van der Waals surface area contributed by atoms with Gasteiger partial charge in [0.05, 0.1) is 0 Å². The van der Waals surface area contributed by atoms with Gasteiger partial charge in [0.25, 0.3) is 0 Å². The summed E-state index contributed by atoms with van der Waals surface area (Å²) in [6.07, 6.45) is 0. The van der Waals surface area contributed by atoms with Crippen LogP contribution in [0.25, 0.3) is 0 Å². The molecule has 0 spiro atoms. The van der Waals surface area contributed by atoms with E-state index in [1.807, 2.05) is 0 Å². The van der Waals surface area contributed by atoms with Gasteiger partial charge in [0.2, 0.25) is 0 Å². The topological polar surface area (TPSA) is 0 Å². The summed E-state index contributed by atoms with van der Waals surface area (Å²) in [5.74, 6) is 7.00. The zero-order valence-electron chi connectivity index (χ0n) is 17.0. The summed E-state index contributed by atoms with van der Waals surface area (Å²) < 4.78 is 3.55. The standard InChI is InChI=1S/C19H25Si.3CH3.Sn/c1-8-18-11-9-10-12-19(18)13-14-20(15(2)3,16(4)5)17(6)7;;;;/h9-12,15-17H,2-7H3;3*1H3;. The Morgan fingerprint density at radius 1 is 0.750 bits per heavy atom. The Bertz CT molecular complexity index is 648. The number of hydrogen-bond acceptors (Lipinski definition) is 0. The second kappa shape index (κ2) is 8.64. The normalized spacial score (nSPS) is 12.0. The molecule has 0 unspecified atom stereocenters. The summed E-state index contributed by atoms with van der Waals surface area (Å²) in [5.41, 5.74) is 8.02. The van der Waals surface area contributed by atoms with E-state index in [0.29, 0.717) is 16.6 Å². The van der Waals surface area contributed by atoms with Crippen molar-refractivity contribution in [2.24, 2.45) is 0 Å². The molecule has 0 aromatic heterocycles. The summed E-state index contributed by atoms with van der Waals surface area (Å²) in [7, 11) is -1.69. The molecule has 0 N–H and O–H groups in total. The average Bonchev–Trinajstić information content (AvgIpc) is 2.44. The minimum absolute atomic E-state index is 0.661. The van der Waals surface area contributed by atoms with Gasteiger partial charge in [0.15, 0.2) is 0 Å². The molecule has 0 aliphatic heterocycles. The second-order valence-electron chi connectivity index (χ2n) is 8.69. The fraction of sp³-hybridized carbons (Fsp3) is 0.545. The van der Waals surface area contributed by atoms with Crippen molar-refractivity contribution in [3.63, 3.8) is 0 Å². The molecule has 0 aliphatic carbocycles. The molecule has 1 aromatic rings. The van der Waals surface area contributed by atoms with Gasteiger partial charge in [-0.2, -0.15) is 0 Å². The zero-order valence-corrected chi connectivity index (χ0v) is 20.9. The summed E-state index contributed by atoms with van der Waals surface area (Å²) in [6.45, 7) is 14.2. The van der Waals surface area contributed by atoms with Gasteiger partial charge in [-0.15, -0.1) is 0 Å². The van der Waals surface area contributed by atoms with Crippen molar-refractivity contribution in [3.8, 4) is 21.3 Å². The Morgan fingerprint density at radius 3 is 1.54 bits per heavy atom. The third kappa shape index (κ3) is 5.43. The van der Waals surface area contributed by atoms with Gasteiger partial charge in [-0.1, -0.05) is 0 Å². The zero-order chi connectivity index (χ0) is 18.5. The molecule has 130 valence electrons. The predicted octanol–water partition coefficient (Wildman–Crippen LogP) is 6.49. The Hall–Kier alpha value is -0.644. The van der Waals surface area contributed by atoms with Crippen LogP contribution in [-0.4, -0.2) is 26.5 Å². The van der Waals surface area contributed by atoms with Crippen LogP contribution in [0.2, 0.25) is 31.4 Å². The van der Waals surface area contributed by atoms with Crippen LogP contribution in [0.15, 0.2) is 24.3 Å². The molecule has 0 saturated heterocycles. The summed E-state index contributed by atoms with van der Waals surface area (Å²) in [4.78, 5) is 7.05. The maximum atomic E-state index is 3.82. The van der Waals surface area contributed by atoms with Crippen LogP contribution in [0.1, 0.15) is 52.7 Å². The molecule has 0 saturated carbocycles. The van der Waals surface area contributed by atoms with E-state index < -0.39 is 26.5 Å². The first-order chi connectivity index (χ1) is 11.0. The molecule has 0 heterocycles. The Balaban J connectivity index is 3.41. The molecule has 0 atom stereocenters. The van der Waals surface area contributed by atoms with Crippen molar-refractivity contribution in [1.29, 1.82) is 0 Å². The van der Waals surface area contributed by atoms with E-state index in [4.69, 9.17) is 0 Å². The van der Waals surface area contributed by atoms with Crippen LogP contribution in [0.4, 0.5) is 0 Å². The molecule has 0 radical (unpaired) electrons. The molecular formula is C22H34SiSn. The minimum atomic E-state index is -2.09. The maximum absolute atomic E-state index is 3.82. The Labute approximate surface area is 155 Å². The van der Waals surface area contributed by atoms with Gasteiger partial charge in [0, 0.05) is 0 Å². The van der Waals surface area contributed by atoms with Gasteiger partial charge in [0.1, 0.15) is 0 Å². The molecule has 0 fully saturated rings. The molecular weight excluding hydrogens is 411 g/mol. The monoisotopic (exact) mass is 446 g/mol. The SMILES string of the molecule is CC(C)[Si](C#Cc1ccccc1C#[C][Sn]([CH3])([CH3])[CH3])(C(C)C)C(C)C. The molecule has 2 heteroatoms. The van der Waals surface area contributed by atoms with Crippen molar-refractivity contribution in [2.45, 2.75) is 73.0 Å². The predicted molar refractivity (Wildman–Crippen MR) is 115 cm³/mol. The van der Waals surface area contributed by atoms with E-state index in [1.165, 1.54) is 0 Å². The number of hydrogen-bond donors (Lipinski definition) is 0. The molecule has 0 aliphatic rings. The van der Waals surface area contributed by atoms with Crippen molar-refractivity contribution in [2.75, 3.05) is 0 Å². The first-order valence-corrected chi connectivity index (χ1v) is 21.4. The van der Waals surface area contributed by atoms with E-state index >= 15 is 0 Å². The Morgan fingerprint density at radius 2 is 1.17 bits per heavy atom. The summed E-state index contributed by atoms with van der Waals surface area (Å²) in [5, 5.41) is 0. The molecule has 1 rings (SSSR count). The van der Waals surface area contributed by atoms with Crippen LogP contribution in [0.3, 0.4) is 0 Å². The third-order valence-corrected chi connectivity index (χ3v) is 13.6. The fourth-order valence-electron chi connectivity index (χ4n) is 3.56. The second-order valence-corrected chi connectivity index (χ2v) is 27.8. The average molecular weight is 445 g/mol. The van der Waals surface area contributed by atoms with E-state index in [2.05, 4.69) is 102 Å². The molecule has 0 amide bonds. The van der Waals surface area contributed by atoms with Gasteiger partial charge in [-0.3, -0.25) is 0 Å². The van der Waals surface area contributed by atoms with E-state index in [9.17, 15) is 0 Å². The van der Waals surface area contributed by atoms with Crippen molar-refractivity contribution < 1.29 is 0 Å². The van der Waals surface area contributed by atoms with Crippen LogP contribution in [-0.2, 0) is 0 Å². The van der Waals surface area contributed by atoms with Crippen molar-refractivity contribution in [1.82, 2.24) is 0 Å².